The van der Waals surface area contributed by atoms with E-state index in [1.807, 2.05) is 0 Å². The molecule has 0 bridgehead atoms. The zero-order valence-corrected chi connectivity index (χ0v) is 11.0. The molecule has 0 radical (unpaired) electrons. The summed E-state index contributed by atoms with van der Waals surface area (Å²) < 4.78 is 77.6. The normalized spacial score (nSPS) is 28.4. The van der Waals surface area contributed by atoms with Gasteiger partial charge in [0.05, 0.1) is 19.8 Å². The molecule has 0 spiro atoms. The van der Waals surface area contributed by atoms with Crippen molar-refractivity contribution in [3.63, 3.8) is 0 Å². The van der Waals surface area contributed by atoms with Gasteiger partial charge < -0.3 is 9.47 Å². The topological polar surface area (TPSA) is 21.7 Å². The van der Waals surface area contributed by atoms with Crippen LogP contribution in [0, 0.1) is 0 Å². The van der Waals surface area contributed by atoms with Gasteiger partial charge in [0.1, 0.15) is 6.10 Å². The van der Waals surface area contributed by atoms with Crippen molar-refractivity contribution in [2.24, 2.45) is 0 Å². The minimum atomic E-state index is -5.00. The van der Waals surface area contributed by atoms with Gasteiger partial charge in [-0.2, -0.15) is 13.2 Å². The highest BCUT2D eigenvalue weighted by molar-refractivity contribution is 4.97. The molecule has 2 aliphatic rings. The predicted octanol–water partition coefficient (Wildman–Crippen LogP) is 2.45. The standard InChI is InChI=1S/C12H18F5NO2/c13-11(14,9-8-19-6-7-20-9)10(12(15,16)17)18-4-2-1-3-5-18/h9-10H,1-8H2. The van der Waals surface area contributed by atoms with Crippen molar-refractivity contribution < 1.29 is 31.4 Å². The van der Waals surface area contributed by atoms with E-state index in [2.05, 4.69) is 0 Å². The van der Waals surface area contributed by atoms with E-state index in [1.165, 1.54) is 0 Å². The average molecular weight is 303 g/mol. The monoisotopic (exact) mass is 303 g/mol. The highest BCUT2D eigenvalue weighted by atomic mass is 19.4. The summed E-state index contributed by atoms with van der Waals surface area (Å²) in [6.45, 7) is -0.411. The van der Waals surface area contributed by atoms with Crippen LogP contribution < -0.4 is 0 Å². The molecule has 2 rings (SSSR count). The summed E-state index contributed by atoms with van der Waals surface area (Å²) in [4.78, 5) is 0.835. The van der Waals surface area contributed by atoms with Gasteiger partial charge >= 0.3 is 6.18 Å². The predicted molar refractivity (Wildman–Crippen MR) is 60.8 cm³/mol. The third-order valence-electron chi connectivity index (χ3n) is 3.68. The first-order valence-corrected chi connectivity index (χ1v) is 6.71. The van der Waals surface area contributed by atoms with Crippen LogP contribution in [-0.4, -0.2) is 62.1 Å². The van der Waals surface area contributed by atoms with Gasteiger partial charge in [-0.05, 0) is 25.9 Å². The van der Waals surface area contributed by atoms with E-state index in [0.29, 0.717) is 12.8 Å². The Morgan fingerprint density at radius 2 is 1.60 bits per heavy atom. The zero-order valence-electron chi connectivity index (χ0n) is 11.0. The van der Waals surface area contributed by atoms with Crippen molar-refractivity contribution >= 4 is 0 Å². The fourth-order valence-electron chi connectivity index (χ4n) is 2.73. The number of ether oxygens (including phenoxy) is 2. The Morgan fingerprint density at radius 3 is 2.10 bits per heavy atom. The molecule has 2 fully saturated rings. The van der Waals surface area contributed by atoms with E-state index in [1.54, 1.807) is 0 Å². The molecule has 2 heterocycles. The Hall–Kier alpha value is -0.470. The molecule has 2 atom stereocenters. The second-order valence-corrected chi connectivity index (χ2v) is 5.15. The first-order chi connectivity index (χ1) is 9.33. The maximum atomic E-state index is 14.3. The maximum absolute atomic E-state index is 14.3. The minimum Gasteiger partial charge on any atom is -0.376 e. The van der Waals surface area contributed by atoms with E-state index in [9.17, 15) is 22.0 Å². The maximum Gasteiger partial charge on any atom is 0.410 e. The number of alkyl halides is 5. The molecule has 0 aromatic carbocycles. The summed E-state index contributed by atoms with van der Waals surface area (Å²) in [5.41, 5.74) is 0. The molecule has 8 heteroatoms. The lowest BCUT2D eigenvalue weighted by molar-refractivity contribution is -0.289. The number of halogens is 5. The van der Waals surface area contributed by atoms with Crippen LogP contribution >= 0.6 is 0 Å². The van der Waals surface area contributed by atoms with Gasteiger partial charge in [-0.15, -0.1) is 0 Å². The Labute approximate surface area is 114 Å². The molecular formula is C12H18F5NO2. The van der Waals surface area contributed by atoms with Crippen molar-refractivity contribution in [1.82, 2.24) is 4.90 Å². The lowest BCUT2D eigenvalue weighted by atomic mass is 9.98. The van der Waals surface area contributed by atoms with Crippen LogP contribution in [0.2, 0.25) is 0 Å². The van der Waals surface area contributed by atoms with Crippen LogP contribution in [-0.2, 0) is 9.47 Å². The van der Waals surface area contributed by atoms with Crippen LogP contribution in [0.5, 0.6) is 0 Å². The second kappa shape index (κ2) is 6.11. The summed E-state index contributed by atoms with van der Waals surface area (Å²) in [6.07, 6.45) is -5.06. The highest BCUT2D eigenvalue weighted by Crippen LogP contribution is 2.40. The number of nitrogens with zero attached hydrogens (tertiary/aromatic N) is 1. The van der Waals surface area contributed by atoms with Gasteiger partial charge in [0.2, 0.25) is 0 Å². The van der Waals surface area contributed by atoms with E-state index in [4.69, 9.17) is 9.47 Å². The second-order valence-electron chi connectivity index (χ2n) is 5.15. The van der Waals surface area contributed by atoms with Crippen LogP contribution in [0.1, 0.15) is 19.3 Å². The fraction of sp³-hybridized carbons (Fsp3) is 1.00. The summed E-state index contributed by atoms with van der Waals surface area (Å²) in [6, 6.07) is -2.80. The minimum absolute atomic E-state index is 0.0351. The molecule has 0 saturated carbocycles. The van der Waals surface area contributed by atoms with Gasteiger partial charge in [0, 0.05) is 0 Å². The lowest BCUT2D eigenvalue weighted by Gasteiger charge is -2.42. The lowest BCUT2D eigenvalue weighted by Crippen LogP contribution is -2.63. The molecule has 2 unspecified atom stereocenters. The molecule has 2 aliphatic heterocycles. The third-order valence-corrected chi connectivity index (χ3v) is 3.68. The number of hydrogen-bond acceptors (Lipinski definition) is 3. The number of piperidine rings is 1. The first-order valence-electron chi connectivity index (χ1n) is 6.71. The van der Waals surface area contributed by atoms with Crippen LogP contribution in [0.3, 0.4) is 0 Å². The smallest absolute Gasteiger partial charge is 0.376 e. The summed E-state index contributed by atoms with van der Waals surface area (Å²) >= 11 is 0. The molecule has 118 valence electrons. The third kappa shape index (κ3) is 3.40. The molecule has 0 aromatic rings. The number of rotatable bonds is 3. The van der Waals surface area contributed by atoms with Gasteiger partial charge in [-0.3, -0.25) is 4.90 Å². The van der Waals surface area contributed by atoms with Crippen molar-refractivity contribution in [2.75, 3.05) is 32.9 Å². The summed E-state index contributed by atoms with van der Waals surface area (Å²) in [5.74, 6) is -4.02. The van der Waals surface area contributed by atoms with Gasteiger partial charge in [0.25, 0.3) is 5.92 Å². The summed E-state index contributed by atoms with van der Waals surface area (Å²) in [5, 5.41) is 0. The Kier molecular flexibility index (Phi) is 4.86. The van der Waals surface area contributed by atoms with Crippen LogP contribution in [0.4, 0.5) is 22.0 Å². The molecule has 3 nitrogen and oxygen atoms in total. The fourth-order valence-corrected chi connectivity index (χ4v) is 2.73. The van der Waals surface area contributed by atoms with Gasteiger partial charge in [0.15, 0.2) is 6.04 Å². The van der Waals surface area contributed by atoms with E-state index >= 15 is 0 Å². The Balaban J connectivity index is 2.19. The average Bonchev–Trinajstić information content (AvgIpc) is 2.39. The zero-order chi connectivity index (χ0) is 14.8. The van der Waals surface area contributed by atoms with Gasteiger partial charge in [-0.1, -0.05) is 6.42 Å². The SMILES string of the molecule is FC(F)(F)C(N1CCCCC1)C(F)(F)C1COCCO1. The molecule has 20 heavy (non-hydrogen) atoms. The van der Waals surface area contributed by atoms with E-state index in [0.717, 1.165) is 11.3 Å². The molecular weight excluding hydrogens is 285 g/mol. The van der Waals surface area contributed by atoms with E-state index in [-0.39, 0.29) is 26.3 Å². The van der Waals surface area contributed by atoms with Crippen LogP contribution in [0.25, 0.3) is 0 Å². The molecule has 0 N–H and O–H groups in total. The van der Waals surface area contributed by atoms with Gasteiger partial charge in [-0.25, -0.2) is 8.78 Å². The number of hydrogen-bond donors (Lipinski definition) is 0. The first kappa shape index (κ1) is 15.9. The Bertz CT molecular complexity index is 311. The summed E-state index contributed by atoms with van der Waals surface area (Å²) in [7, 11) is 0. The van der Waals surface area contributed by atoms with Crippen molar-refractivity contribution in [3.8, 4) is 0 Å². The number of likely N-dealkylation sites (tertiary alicyclic amines) is 1. The molecule has 0 amide bonds. The molecule has 0 aliphatic carbocycles. The van der Waals surface area contributed by atoms with Crippen molar-refractivity contribution in [1.29, 1.82) is 0 Å². The Morgan fingerprint density at radius 1 is 0.950 bits per heavy atom. The van der Waals surface area contributed by atoms with Crippen molar-refractivity contribution in [2.45, 2.75) is 43.5 Å². The quantitative estimate of drug-likeness (QED) is 0.748. The van der Waals surface area contributed by atoms with Crippen molar-refractivity contribution in [3.05, 3.63) is 0 Å². The van der Waals surface area contributed by atoms with Crippen LogP contribution in [0.15, 0.2) is 0 Å². The molecule has 0 aromatic heterocycles. The van der Waals surface area contributed by atoms with E-state index < -0.39 is 30.9 Å². The largest absolute Gasteiger partial charge is 0.410 e. The highest BCUT2D eigenvalue weighted by Gasteiger charge is 2.62. The molecule has 2 saturated heterocycles.